The van der Waals surface area contributed by atoms with Crippen molar-refractivity contribution in [1.29, 1.82) is 0 Å². The van der Waals surface area contributed by atoms with Gasteiger partial charge in [0.1, 0.15) is 5.69 Å². The minimum atomic E-state index is 0.332. The highest BCUT2D eigenvalue weighted by Crippen LogP contribution is 2.03. The zero-order valence-electron chi connectivity index (χ0n) is 12.4. The SMILES string of the molecule is CC(C)NCCOCCOCc1cn(C(C)C)nn1. The van der Waals surface area contributed by atoms with Crippen LogP contribution in [0.4, 0.5) is 0 Å². The van der Waals surface area contributed by atoms with Gasteiger partial charge in [0, 0.05) is 18.6 Å². The fourth-order valence-corrected chi connectivity index (χ4v) is 1.45. The molecule has 0 unspecified atom stereocenters. The van der Waals surface area contributed by atoms with Crippen LogP contribution in [0.1, 0.15) is 39.4 Å². The molecule has 6 heteroatoms. The number of aromatic nitrogens is 3. The Bertz CT molecular complexity index is 339. The topological polar surface area (TPSA) is 61.2 Å². The number of hydrogen-bond donors (Lipinski definition) is 1. The molecule has 0 aliphatic heterocycles. The summed E-state index contributed by atoms with van der Waals surface area (Å²) in [5, 5.41) is 11.3. The molecule has 0 radical (unpaired) electrons. The fraction of sp³-hybridized carbons (Fsp3) is 0.846. The van der Waals surface area contributed by atoms with E-state index >= 15 is 0 Å². The largest absolute Gasteiger partial charge is 0.378 e. The first-order chi connectivity index (χ1) is 9.09. The van der Waals surface area contributed by atoms with E-state index in [1.807, 2.05) is 10.9 Å². The van der Waals surface area contributed by atoms with Crippen molar-refractivity contribution in [3.63, 3.8) is 0 Å². The maximum atomic E-state index is 5.48. The van der Waals surface area contributed by atoms with Gasteiger partial charge < -0.3 is 14.8 Å². The van der Waals surface area contributed by atoms with Crippen molar-refractivity contribution in [2.45, 2.75) is 46.4 Å². The van der Waals surface area contributed by atoms with Gasteiger partial charge in [0.2, 0.25) is 0 Å². The normalized spacial score (nSPS) is 11.7. The predicted molar refractivity (Wildman–Crippen MR) is 74.0 cm³/mol. The second-order valence-electron chi connectivity index (χ2n) is 5.06. The average Bonchev–Trinajstić information content (AvgIpc) is 2.81. The Morgan fingerprint density at radius 2 is 1.89 bits per heavy atom. The molecule has 0 aliphatic rings. The minimum absolute atomic E-state index is 0.332. The zero-order valence-corrected chi connectivity index (χ0v) is 12.4. The molecule has 19 heavy (non-hydrogen) atoms. The summed E-state index contributed by atoms with van der Waals surface area (Å²) >= 11 is 0. The van der Waals surface area contributed by atoms with E-state index in [-0.39, 0.29) is 0 Å². The van der Waals surface area contributed by atoms with Crippen LogP contribution in [0.25, 0.3) is 0 Å². The quantitative estimate of drug-likeness (QED) is 0.651. The van der Waals surface area contributed by atoms with Gasteiger partial charge >= 0.3 is 0 Å². The van der Waals surface area contributed by atoms with Crippen LogP contribution >= 0.6 is 0 Å². The van der Waals surface area contributed by atoms with Gasteiger partial charge in [0.05, 0.1) is 32.6 Å². The summed E-state index contributed by atoms with van der Waals surface area (Å²) in [7, 11) is 0. The first-order valence-electron chi connectivity index (χ1n) is 6.89. The number of nitrogens with one attached hydrogen (secondary N) is 1. The Kier molecular flexibility index (Phi) is 7.62. The van der Waals surface area contributed by atoms with Crippen LogP contribution in [0.15, 0.2) is 6.20 Å². The third-order valence-corrected chi connectivity index (χ3v) is 2.51. The van der Waals surface area contributed by atoms with Gasteiger partial charge in [-0.25, -0.2) is 4.68 Å². The van der Waals surface area contributed by atoms with Crippen molar-refractivity contribution in [1.82, 2.24) is 20.3 Å². The molecule has 6 nitrogen and oxygen atoms in total. The highest BCUT2D eigenvalue weighted by atomic mass is 16.5. The van der Waals surface area contributed by atoms with Gasteiger partial charge in [0.25, 0.3) is 0 Å². The Morgan fingerprint density at radius 1 is 1.16 bits per heavy atom. The second-order valence-corrected chi connectivity index (χ2v) is 5.06. The van der Waals surface area contributed by atoms with Crippen molar-refractivity contribution < 1.29 is 9.47 Å². The second kappa shape index (κ2) is 9.01. The number of hydrogen-bond acceptors (Lipinski definition) is 5. The fourth-order valence-electron chi connectivity index (χ4n) is 1.45. The Balaban J connectivity index is 1.98. The monoisotopic (exact) mass is 270 g/mol. The molecular weight excluding hydrogens is 244 g/mol. The summed E-state index contributed by atoms with van der Waals surface area (Å²) in [4.78, 5) is 0. The van der Waals surface area contributed by atoms with E-state index in [0.29, 0.717) is 38.5 Å². The smallest absolute Gasteiger partial charge is 0.108 e. The molecule has 0 aromatic carbocycles. The molecule has 1 rings (SSSR count). The van der Waals surface area contributed by atoms with Crippen LogP contribution in [-0.4, -0.2) is 47.4 Å². The Labute approximate surface area is 115 Å². The van der Waals surface area contributed by atoms with Crippen LogP contribution in [-0.2, 0) is 16.1 Å². The molecule has 110 valence electrons. The van der Waals surface area contributed by atoms with Crippen molar-refractivity contribution >= 4 is 0 Å². The van der Waals surface area contributed by atoms with E-state index in [4.69, 9.17) is 9.47 Å². The van der Waals surface area contributed by atoms with E-state index in [2.05, 4.69) is 43.3 Å². The molecular formula is C13H26N4O2. The first-order valence-corrected chi connectivity index (χ1v) is 6.89. The van der Waals surface area contributed by atoms with Crippen LogP contribution in [0.5, 0.6) is 0 Å². The molecule has 1 N–H and O–H groups in total. The number of nitrogens with zero attached hydrogens (tertiary/aromatic N) is 3. The molecule has 0 fully saturated rings. The molecule has 0 saturated heterocycles. The van der Waals surface area contributed by atoms with E-state index in [9.17, 15) is 0 Å². The maximum Gasteiger partial charge on any atom is 0.108 e. The highest BCUT2D eigenvalue weighted by molar-refractivity contribution is 4.90. The summed E-state index contributed by atoms with van der Waals surface area (Å²) in [5.41, 5.74) is 0.857. The predicted octanol–water partition coefficient (Wildman–Crippen LogP) is 1.39. The number of rotatable bonds is 10. The van der Waals surface area contributed by atoms with Crippen LogP contribution < -0.4 is 5.32 Å². The lowest BCUT2D eigenvalue weighted by Crippen LogP contribution is -2.27. The molecule has 0 aliphatic carbocycles. The summed E-state index contributed by atoms with van der Waals surface area (Å²) in [6, 6.07) is 0.835. The van der Waals surface area contributed by atoms with E-state index in [1.54, 1.807) is 0 Å². The van der Waals surface area contributed by atoms with Gasteiger partial charge in [-0.1, -0.05) is 19.1 Å². The van der Waals surface area contributed by atoms with E-state index in [0.717, 1.165) is 12.2 Å². The van der Waals surface area contributed by atoms with Crippen molar-refractivity contribution in [3.05, 3.63) is 11.9 Å². The van der Waals surface area contributed by atoms with E-state index in [1.165, 1.54) is 0 Å². The molecule has 0 saturated carbocycles. The number of ether oxygens (including phenoxy) is 2. The summed E-state index contributed by atoms with van der Waals surface area (Å²) in [5.74, 6) is 0. The summed E-state index contributed by atoms with van der Waals surface area (Å²) in [6.07, 6.45) is 1.91. The average molecular weight is 270 g/mol. The Morgan fingerprint density at radius 3 is 2.53 bits per heavy atom. The first kappa shape index (κ1) is 16.1. The van der Waals surface area contributed by atoms with E-state index < -0.39 is 0 Å². The highest BCUT2D eigenvalue weighted by Gasteiger charge is 2.03. The van der Waals surface area contributed by atoms with Gasteiger partial charge in [-0.15, -0.1) is 5.10 Å². The summed E-state index contributed by atoms with van der Waals surface area (Å²) in [6.45, 7) is 11.6. The molecule has 0 atom stereocenters. The van der Waals surface area contributed by atoms with Gasteiger partial charge in [-0.3, -0.25) is 0 Å². The molecule has 0 bridgehead atoms. The Hall–Kier alpha value is -0.980. The van der Waals surface area contributed by atoms with Gasteiger partial charge in [-0.2, -0.15) is 0 Å². The lowest BCUT2D eigenvalue weighted by Gasteiger charge is -2.08. The lowest BCUT2D eigenvalue weighted by atomic mass is 10.4. The molecule has 1 aromatic rings. The van der Waals surface area contributed by atoms with Gasteiger partial charge in [0.15, 0.2) is 0 Å². The standard InChI is InChI=1S/C13H26N4O2/c1-11(2)14-5-6-18-7-8-19-10-13-9-17(12(3)4)16-15-13/h9,11-12,14H,5-8,10H2,1-4H3. The van der Waals surface area contributed by atoms with Crippen LogP contribution in [0.2, 0.25) is 0 Å². The molecule has 1 aromatic heterocycles. The summed E-state index contributed by atoms with van der Waals surface area (Å²) < 4.78 is 12.7. The third-order valence-electron chi connectivity index (χ3n) is 2.51. The van der Waals surface area contributed by atoms with Crippen LogP contribution in [0.3, 0.4) is 0 Å². The molecule has 0 amide bonds. The molecule has 1 heterocycles. The maximum absolute atomic E-state index is 5.48. The van der Waals surface area contributed by atoms with Crippen molar-refractivity contribution in [2.24, 2.45) is 0 Å². The van der Waals surface area contributed by atoms with Crippen molar-refractivity contribution in [2.75, 3.05) is 26.4 Å². The molecule has 0 spiro atoms. The van der Waals surface area contributed by atoms with Crippen molar-refractivity contribution in [3.8, 4) is 0 Å². The van der Waals surface area contributed by atoms with Crippen LogP contribution in [0, 0.1) is 0 Å². The minimum Gasteiger partial charge on any atom is -0.378 e. The zero-order chi connectivity index (χ0) is 14.1. The third kappa shape index (κ3) is 7.25. The lowest BCUT2D eigenvalue weighted by molar-refractivity contribution is 0.0401. The van der Waals surface area contributed by atoms with Gasteiger partial charge in [-0.05, 0) is 13.8 Å².